The zero-order chi connectivity index (χ0) is 24.8. The third-order valence-corrected chi connectivity index (χ3v) is 8.05. The monoisotopic (exact) mass is 486 g/mol. The largest absolute Gasteiger partial charge is 0.379 e. The molecule has 0 aliphatic carbocycles. The first-order valence-corrected chi connectivity index (χ1v) is 13.1. The number of morpholine rings is 1. The van der Waals surface area contributed by atoms with Crippen molar-refractivity contribution in [2.75, 3.05) is 45.9 Å². The highest BCUT2D eigenvalue weighted by atomic mass is 16.5. The minimum Gasteiger partial charge on any atom is -0.379 e. The van der Waals surface area contributed by atoms with Gasteiger partial charge in [0.2, 0.25) is 11.8 Å². The summed E-state index contributed by atoms with van der Waals surface area (Å²) in [6.45, 7) is 9.04. The highest BCUT2D eigenvalue weighted by molar-refractivity contribution is 5.97. The highest BCUT2D eigenvalue weighted by Crippen LogP contribution is 2.42. The number of aromatic amines is 1. The molecule has 1 N–H and O–H groups in total. The first-order chi connectivity index (χ1) is 17.5. The van der Waals surface area contributed by atoms with Crippen molar-refractivity contribution in [3.63, 3.8) is 0 Å². The Kier molecular flexibility index (Phi) is 6.05. The lowest BCUT2D eigenvalue weighted by molar-refractivity contribution is -0.158. The van der Waals surface area contributed by atoms with Gasteiger partial charge in [-0.25, -0.2) is 0 Å². The lowest BCUT2D eigenvalue weighted by Crippen LogP contribution is -2.63. The average molecular weight is 487 g/mol. The summed E-state index contributed by atoms with van der Waals surface area (Å²) >= 11 is 0. The Morgan fingerprint density at radius 1 is 1.00 bits per heavy atom. The Bertz CT molecular complexity index is 1280. The third-order valence-electron chi connectivity index (χ3n) is 8.05. The summed E-state index contributed by atoms with van der Waals surface area (Å²) < 4.78 is 5.45. The fourth-order valence-corrected chi connectivity index (χ4v) is 6.01. The van der Waals surface area contributed by atoms with Crippen molar-refractivity contribution < 1.29 is 14.3 Å². The van der Waals surface area contributed by atoms with Crippen LogP contribution in [0, 0.1) is 0 Å². The Morgan fingerprint density at radius 2 is 1.75 bits per heavy atom. The molecule has 3 aliphatic heterocycles. The molecule has 2 fully saturated rings. The lowest BCUT2D eigenvalue weighted by Gasteiger charge is -2.47. The summed E-state index contributed by atoms with van der Waals surface area (Å²) in [5.41, 5.74) is 5.54. The van der Waals surface area contributed by atoms with E-state index >= 15 is 0 Å². The van der Waals surface area contributed by atoms with Crippen LogP contribution in [0.2, 0.25) is 0 Å². The number of nitrogens with zero attached hydrogens (tertiary/aromatic N) is 3. The standard InChI is InChI=1S/C29H34N4O3/c1-19(2)20-7-9-21(10-8-20)28-27-23(22-5-3-4-6-24(22)30-27)17-25-29(35)32(18-26(34)33(25)28)12-11-31-13-15-36-16-14-31/h3-10,19,25,28,30H,11-18H2,1-2H3. The molecule has 0 bridgehead atoms. The molecular formula is C29H34N4O3. The highest BCUT2D eigenvalue weighted by Gasteiger charge is 2.48. The molecule has 0 spiro atoms. The van der Waals surface area contributed by atoms with Crippen LogP contribution >= 0.6 is 0 Å². The van der Waals surface area contributed by atoms with Gasteiger partial charge in [0.05, 0.1) is 25.8 Å². The van der Waals surface area contributed by atoms with Crippen LogP contribution in [0.15, 0.2) is 48.5 Å². The van der Waals surface area contributed by atoms with Crippen molar-refractivity contribution >= 4 is 22.7 Å². The molecular weight excluding hydrogens is 452 g/mol. The molecule has 4 heterocycles. The number of para-hydroxylation sites is 1. The van der Waals surface area contributed by atoms with Gasteiger partial charge in [-0.2, -0.15) is 0 Å². The van der Waals surface area contributed by atoms with Crippen molar-refractivity contribution in [3.05, 3.63) is 70.9 Å². The number of H-pyrrole nitrogens is 1. The molecule has 0 radical (unpaired) electrons. The number of amides is 2. The summed E-state index contributed by atoms with van der Waals surface area (Å²) in [5, 5.41) is 1.14. The lowest BCUT2D eigenvalue weighted by atomic mass is 9.85. The van der Waals surface area contributed by atoms with Crippen molar-refractivity contribution in [2.24, 2.45) is 0 Å². The average Bonchev–Trinajstić information content (AvgIpc) is 3.28. The van der Waals surface area contributed by atoms with Crippen LogP contribution in [0.25, 0.3) is 10.9 Å². The number of nitrogens with one attached hydrogen (secondary N) is 1. The van der Waals surface area contributed by atoms with Crippen LogP contribution in [0.5, 0.6) is 0 Å². The van der Waals surface area contributed by atoms with Gasteiger partial charge >= 0.3 is 0 Å². The van der Waals surface area contributed by atoms with E-state index in [0.29, 0.717) is 18.9 Å². The van der Waals surface area contributed by atoms with Gasteiger partial charge < -0.3 is 19.5 Å². The molecule has 6 rings (SSSR count). The van der Waals surface area contributed by atoms with E-state index in [1.54, 1.807) is 4.90 Å². The van der Waals surface area contributed by atoms with E-state index in [0.717, 1.165) is 60.6 Å². The second-order valence-electron chi connectivity index (χ2n) is 10.5. The number of benzene rings is 2. The Balaban J connectivity index is 1.36. The van der Waals surface area contributed by atoms with Gasteiger partial charge in [-0.05, 0) is 28.7 Å². The van der Waals surface area contributed by atoms with Gasteiger partial charge in [0, 0.05) is 49.2 Å². The predicted molar refractivity (Wildman–Crippen MR) is 139 cm³/mol. The number of hydrogen-bond acceptors (Lipinski definition) is 4. The molecule has 2 saturated heterocycles. The fourth-order valence-electron chi connectivity index (χ4n) is 6.01. The van der Waals surface area contributed by atoms with Crippen LogP contribution in [-0.4, -0.2) is 83.5 Å². The molecule has 188 valence electrons. The number of piperazine rings is 1. The molecule has 2 unspecified atom stereocenters. The quantitative estimate of drug-likeness (QED) is 0.601. The molecule has 1 aromatic heterocycles. The molecule has 7 heteroatoms. The normalized spacial score (nSPS) is 22.9. The van der Waals surface area contributed by atoms with Crippen LogP contribution in [0.3, 0.4) is 0 Å². The number of rotatable bonds is 5. The number of carbonyl (C=O) groups is 2. The molecule has 0 saturated carbocycles. The van der Waals surface area contributed by atoms with Gasteiger partial charge in [-0.15, -0.1) is 0 Å². The van der Waals surface area contributed by atoms with E-state index in [1.807, 2.05) is 17.0 Å². The number of ether oxygens (including phenoxy) is 1. The number of carbonyl (C=O) groups excluding carboxylic acids is 2. The zero-order valence-corrected chi connectivity index (χ0v) is 21.1. The van der Waals surface area contributed by atoms with Crippen LogP contribution in [0.1, 0.15) is 48.2 Å². The second-order valence-corrected chi connectivity index (χ2v) is 10.5. The van der Waals surface area contributed by atoms with E-state index in [9.17, 15) is 9.59 Å². The zero-order valence-electron chi connectivity index (χ0n) is 21.1. The van der Waals surface area contributed by atoms with Crippen molar-refractivity contribution in [2.45, 2.75) is 38.3 Å². The van der Waals surface area contributed by atoms with E-state index in [2.05, 4.69) is 60.1 Å². The van der Waals surface area contributed by atoms with Crippen molar-refractivity contribution in [3.8, 4) is 0 Å². The fraction of sp³-hybridized carbons (Fsp3) is 0.448. The Labute approximate surface area is 212 Å². The third kappa shape index (κ3) is 4.00. The summed E-state index contributed by atoms with van der Waals surface area (Å²) in [4.78, 5) is 37.1. The Hall–Kier alpha value is -3.16. The minimum absolute atomic E-state index is 0.0174. The molecule has 2 atom stereocenters. The van der Waals surface area contributed by atoms with Gasteiger partial charge in [0.1, 0.15) is 6.04 Å². The number of aromatic nitrogens is 1. The van der Waals surface area contributed by atoms with E-state index in [-0.39, 0.29) is 24.4 Å². The van der Waals surface area contributed by atoms with Crippen LogP contribution in [-0.2, 0) is 20.7 Å². The van der Waals surface area contributed by atoms with Gasteiger partial charge in [0.15, 0.2) is 0 Å². The SMILES string of the molecule is CC(C)c1ccc(C2c3[nH]c4ccccc4c3CC3C(=O)N(CCN4CCOCC4)CC(=O)N32)cc1. The van der Waals surface area contributed by atoms with E-state index in [1.165, 1.54) is 5.56 Å². The molecule has 3 aromatic rings. The summed E-state index contributed by atoms with van der Waals surface area (Å²) in [7, 11) is 0. The smallest absolute Gasteiger partial charge is 0.246 e. The number of hydrogen-bond donors (Lipinski definition) is 1. The van der Waals surface area contributed by atoms with Crippen LogP contribution < -0.4 is 0 Å². The van der Waals surface area contributed by atoms with Crippen LogP contribution in [0.4, 0.5) is 0 Å². The summed E-state index contributed by atoms with van der Waals surface area (Å²) in [6.07, 6.45) is 0.540. The topological polar surface area (TPSA) is 68.9 Å². The number of fused-ring (bicyclic) bond motifs is 4. The molecule has 7 nitrogen and oxygen atoms in total. The molecule has 3 aliphatic rings. The maximum atomic E-state index is 13.8. The summed E-state index contributed by atoms with van der Waals surface area (Å²) in [5.74, 6) is 0.506. The van der Waals surface area contributed by atoms with E-state index < -0.39 is 6.04 Å². The van der Waals surface area contributed by atoms with Gasteiger partial charge in [-0.1, -0.05) is 56.3 Å². The van der Waals surface area contributed by atoms with Gasteiger partial charge in [-0.3, -0.25) is 14.5 Å². The maximum absolute atomic E-state index is 13.8. The second kappa shape index (κ2) is 9.37. The first-order valence-electron chi connectivity index (χ1n) is 13.1. The van der Waals surface area contributed by atoms with E-state index in [4.69, 9.17) is 4.74 Å². The summed E-state index contributed by atoms with van der Waals surface area (Å²) in [6, 6.07) is 16.0. The molecule has 2 amide bonds. The Morgan fingerprint density at radius 3 is 2.50 bits per heavy atom. The van der Waals surface area contributed by atoms with Crippen molar-refractivity contribution in [1.29, 1.82) is 0 Å². The maximum Gasteiger partial charge on any atom is 0.246 e. The molecule has 2 aromatic carbocycles. The molecule has 36 heavy (non-hydrogen) atoms. The predicted octanol–water partition coefficient (Wildman–Crippen LogP) is 3.31. The van der Waals surface area contributed by atoms with Gasteiger partial charge in [0.25, 0.3) is 0 Å². The van der Waals surface area contributed by atoms with Crippen molar-refractivity contribution in [1.82, 2.24) is 19.7 Å². The first kappa shape index (κ1) is 23.3. The minimum atomic E-state index is -0.488.